The van der Waals surface area contributed by atoms with Crippen molar-refractivity contribution in [3.63, 3.8) is 0 Å². The number of benzene rings is 3. The van der Waals surface area contributed by atoms with Crippen LogP contribution in [0.25, 0.3) is 6.08 Å². The number of fused-ring (bicyclic) bond motifs is 1. The number of aryl methyl sites for hydroxylation is 1. The molecule has 28 heavy (non-hydrogen) atoms. The molecule has 4 heteroatoms. The lowest BCUT2D eigenvalue weighted by molar-refractivity contribution is 0.101. The Bertz CT molecular complexity index is 1070. The van der Waals surface area contributed by atoms with Crippen LogP contribution in [-0.4, -0.2) is 12.9 Å². The number of ether oxygens (including phenoxy) is 3. The molecule has 0 fully saturated rings. The number of para-hydroxylation sites is 1. The summed E-state index contributed by atoms with van der Waals surface area (Å²) in [6.45, 7) is 2.38. The fraction of sp³-hybridized carbons (Fsp3) is 0.125. The van der Waals surface area contributed by atoms with Crippen molar-refractivity contribution in [3.8, 4) is 17.2 Å². The predicted octanol–water partition coefficient (Wildman–Crippen LogP) is 5.20. The van der Waals surface area contributed by atoms with Gasteiger partial charge >= 0.3 is 0 Å². The molecule has 4 nitrogen and oxygen atoms in total. The highest BCUT2D eigenvalue weighted by molar-refractivity contribution is 6.14. The number of carbonyl (C=O) groups is 1. The molecule has 0 radical (unpaired) electrons. The van der Waals surface area contributed by atoms with Crippen LogP contribution in [-0.2, 0) is 6.61 Å². The molecule has 0 aromatic heterocycles. The van der Waals surface area contributed by atoms with E-state index in [4.69, 9.17) is 14.2 Å². The molecule has 0 aliphatic carbocycles. The summed E-state index contributed by atoms with van der Waals surface area (Å²) in [6, 6.07) is 20.9. The van der Waals surface area contributed by atoms with Crippen LogP contribution in [0.1, 0.15) is 27.0 Å². The van der Waals surface area contributed by atoms with Crippen molar-refractivity contribution in [1.82, 2.24) is 0 Å². The van der Waals surface area contributed by atoms with E-state index in [0.29, 0.717) is 29.4 Å². The summed E-state index contributed by atoms with van der Waals surface area (Å²) in [4.78, 5) is 12.6. The lowest BCUT2D eigenvalue weighted by Gasteiger charge is -2.10. The molecule has 0 spiro atoms. The fourth-order valence-electron chi connectivity index (χ4n) is 3.15. The molecular formula is C24H20O4. The van der Waals surface area contributed by atoms with E-state index in [1.165, 1.54) is 0 Å². The summed E-state index contributed by atoms with van der Waals surface area (Å²) >= 11 is 0. The Morgan fingerprint density at radius 3 is 2.68 bits per heavy atom. The minimum absolute atomic E-state index is 0.118. The highest BCUT2D eigenvalue weighted by atomic mass is 16.5. The van der Waals surface area contributed by atoms with Crippen molar-refractivity contribution in [3.05, 3.63) is 94.7 Å². The van der Waals surface area contributed by atoms with E-state index in [2.05, 4.69) is 0 Å². The number of Topliss-reactive ketones (excluding diaryl/α,β-unsaturated/α-hetero) is 1. The SMILES string of the molecule is COc1ccccc1COc1ccc2c(c1)O/C(=C\c1cccc(C)c1)C2=O. The van der Waals surface area contributed by atoms with E-state index in [1.54, 1.807) is 31.4 Å². The summed E-state index contributed by atoms with van der Waals surface area (Å²) in [7, 11) is 1.63. The Labute approximate surface area is 164 Å². The van der Waals surface area contributed by atoms with Crippen LogP contribution < -0.4 is 14.2 Å². The van der Waals surface area contributed by atoms with Gasteiger partial charge in [-0.1, -0.05) is 48.0 Å². The van der Waals surface area contributed by atoms with Gasteiger partial charge in [0.05, 0.1) is 12.7 Å². The third-order valence-electron chi connectivity index (χ3n) is 4.57. The quantitative estimate of drug-likeness (QED) is 0.578. The van der Waals surface area contributed by atoms with E-state index >= 15 is 0 Å². The Balaban J connectivity index is 1.52. The topological polar surface area (TPSA) is 44.8 Å². The number of methoxy groups -OCH3 is 1. The summed E-state index contributed by atoms with van der Waals surface area (Å²) in [6.07, 6.45) is 1.77. The van der Waals surface area contributed by atoms with Gasteiger partial charge in [-0.2, -0.15) is 0 Å². The van der Waals surface area contributed by atoms with E-state index in [0.717, 1.165) is 22.4 Å². The predicted molar refractivity (Wildman–Crippen MR) is 108 cm³/mol. The van der Waals surface area contributed by atoms with Crippen LogP contribution in [0.3, 0.4) is 0 Å². The van der Waals surface area contributed by atoms with Crippen molar-refractivity contribution < 1.29 is 19.0 Å². The van der Waals surface area contributed by atoms with Gasteiger partial charge in [0.2, 0.25) is 5.78 Å². The average Bonchev–Trinajstić information content (AvgIpc) is 3.01. The number of hydrogen-bond donors (Lipinski definition) is 0. The van der Waals surface area contributed by atoms with Crippen LogP contribution in [0, 0.1) is 6.92 Å². The third-order valence-corrected chi connectivity index (χ3v) is 4.57. The van der Waals surface area contributed by atoms with Gasteiger partial charge in [0.15, 0.2) is 5.76 Å². The van der Waals surface area contributed by atoms with Crippen LogP contribution in [0.5, 0.6) is 17.2 Å². The van der Waals surface area contributed by atoms with Gasteiger partial charge in [-0.05, 0) is 36.8 Å². The van der Waals surface area contributed by atoms with E-state index < -0.39 is 0 Å². The molecule has 0 N–H and O–H groups in total. The van der Waals surface area contributed by atoms with E-state index in [1.807, 2.05) is 55.5 Å². The highest BCUT2D eigenvalue weighted by Gasteiger charge is 2.27. The number of rotatable bonds is 5. The maximum Gasteiger partial charge on any atom is 0.231 e. The molecule has 1 aliphatic heterocycles. The maximum atomic E-state index is 12.6. The highest BCUT2D eigenvalue weighted by Crippen LogP contribution is 2.35. The lowest BCUT2D eigenvalue weighted by atomic mass is 10.1. The molecular weight excluding hydrogens is 352 g/mol. The molecule has 0 unspecified atom stereocenters. The van der Waals surface area contributed by atoms with Gasteiger partial charge in [-0.3, -0.25) is 4.79 Å². The average molecular weight is 372 g/mol. The number of hydrogen-bond acceptors (Lipinski definition) is 4. The van der Waals surface area contributed by atoms with Gasteiger partial charge in [0, 0.05) is 11.6 Å². The van der Waals surface area contributed by atoms with Crippen LogP contribution in [0.4, 0.5) is 0 Å². The second-order valence-electron chi connectivity index (χ2n) is 6.61. The summed E-state index contributed by atoms with van der Waals surface area (Å²) < 4.78 is 17.0. The molecule has 140 valence electrons. The zero-order valence-electron chi connectivity index (χ0n) is 15.8. The minimum atomic E-state index is -0.118. The van der Waals surface area contributed by atoms with Crippen molar-refractivity contribution in [2.24, 2.45) is 0 Å². The lowest BCUT2D eigenvalue weighted by Crippen LogP contribution is -1.99. The van der Waals surface area contributed by atoms with Gasteiger partial charge < -0.3 is 14.2 Å². The first kappa shape index (κ1) is 17.9. The number of allylic oxidation sites excluding steroid dienone is 1. The number of ketones is 1. The molecule has 0 saturated carbocycles. The smallest absolute Gasteiger partial charge is 0.231 e. The number of carbonyl (C=O) groups excluding carboxylic acids is 1. The van der Waals surface area contributed by atoms with Crippen molar-refractivity contribution in [2.45, 2.75) is 13.5 Å². The second kappa shape index (κ2) is 7.61. The first-order chi connectivity index (χ1) is 13.6. The summed E-state index contributed by atoms with van der Waals surface area (Å²) in [5, 5.41) is 0. The van der Waals surface area contributed by atoms with Gasteiger partial charge in [-0.25, -0.2) is 0 Å². The zero-order chi connectivity index (χ0) is 19.5. The molecule has 3 aromatic rings. The largest absolute Gasteiger partial charge is 0.496 e. The monoisotopic (exact) mass is 372 g/mol. The normalized spacial score (nSPS) is 13.9. The molecule has 0 atom stereocenters. The summed E-state index contributed by atoms with van der Waals surface area (Å²) in [5.74, 6) is 2.13. The van der Waals surface area contributed by atoms with Gasteiger partial charge in [0.1, 0.15) is 23.9 Å². The fourth-order valence-corrected chi connectivity index (χ4v) is 3.15. The second-order valence-corrected chi connectivity index (χ2v) is 6.61. The van der Waals surface area contributed by atoms with Gasteiger partial charge in [0.25, 0.3) is 0 Å². The Morgan fingerprint density at radius 2 is 1.86 bits per heavy atom. The molecule has 0 bridgehead atoms. The first-order valence-electron chi connectivity index (χ1n) is 9.04. The van der Waals surface area contributed by atoms with Crippen LogP contribution in [0.2, 0.25) is 0 Å². The van der Waals surface area contributed by atoms with Crippen molar-refractivity contribution in [1.29, 1.82) is 0 Å². The van der Waals surface area contributed by atoms with E-state index in [9.17, 15) is 4.79 Å². The Kier molecular flexibility index (Phi) is 4.85. The third kappa shape index (κ3) is 3.62. The molecule has 3 aromatic carbocycles. The maximum absolute atomic E-state index is 12.6. The van der Waals surface area contributed by atoms with Gasteiger partial charge in [-0.15, -0.1) is 0 Å². The van der Waals surface area contributed by atoms with Crippen LogP contribution in [0.15, 0.2) is 72.5 Å². The zero-order valence-corrected chi connectivity index (χ0v) is 15.8. The Morgan fingerprint density at radius 1 is 1.00 bits per heavy atom. The Hall–Kier alpha value is -3.53. The molecule has 4 rings (SSSR count). The van der Waals surface area contributed by atoms with Crippen molar-refractivity contribution in [2.75, 3.05) is 7.11 Å². The minimum Gasteiger partial charge on any atom is -0.496 e. The standard InChI is InChI=1S/C24H20O4/c1-16-6-5-7-17(12-16)13-23-24(25)20-11-10-19(14-22(20)28-23)27-15-18-8-3-4-9-21(18)26-2/h3-14H,15H2,1-2H3/b23-13-. The molecule has 1 aliphatic rings. The van der Waals surface area contributed by atoms with Crippen LogP contribution >= 0.6 is 0 Å². The van der Waals surface area contributed by atoms with Crippen molar-refractivity contribution >= 4 is 11.9 Å². The first-order valence-corrected chi connectivity index (χ1v) is 9.04. The molecule has 1 heterocycles. The summed E-state index contributed by atoms with van der Waals surface area (Å²) in [5.41, 5.74) is 3.55. The molecule has 0 amide bonds. The van der Waals surface area contributed by atoms with E-state index in [-0.39, 0.29) is 5.78 Å². The molecule has 0 saturated heterocycles.